The van der Waals surface area contributed by atoms with Crippen LogP contribution in [0, 0.1) is 6.92 Å². The lowest BCUT2D eigenvalue weighted by molar-refractivity contribution is 0.946. The molecule has 1 N–H and O–H groups in total. The van der Waals surface area contributed by atoms with Gasteiger partial charge in [-0.2, -0.15) is 5.10 Å². The maximum absolute atomic E-state index is 4.34. The Hall–Kier alpha value is -1.23. The topological polar surface area (TPSA) is 54.5 Å². The Labute approximate surface area is 80.1 Å². The van der Waals surface area contributed by atoms with E-state index < -0.39 is 0 Å². The van der Waals surface area contributed by atoms with Crippen LogP contribution in [-0.4, -0.2) is 20.2 Å². The summed E-state index contributed by atoms with van der Waals surface area (Å²) in [5, 5.41) is 7.01. The van der Waals surface area contributed by atoms with Gasteiger partial charge in [-0.1, -0.05) is 6.92 Å². The van der Waals surface area contributed by atoms with Gasteiger partial charge in [0, 0.05) is 6.42 Å². The summed E-state index contributed by atoms with van der Waals surface area (Å²) in [7, 11) is 0. The van der Waals surface area contributed by atoms with E-state index >= 15 is 0 Å². The first kappa shape index (κ1) is 8.37. The first-order valence-corrected chi connectivity index (χ1v) is 5.01. The number of aromatic amines is 1. The van der Waals surface area contributed by atoms with Gasteiger partial charge in [-0.3, -0.25) is 5.10 Å². The quantitative estimate of drug-likeness (QED) is 0.793. The van der Waals surface area contributed by atoms with E-state index in [1.54, 1.807) is 11.3 Å². The zero-order chi connectivity index (χ0) is 9.26. The number of nitrogens with one attached hydrogen (secondary N) is 1. The van der Waals surface area contributed by atoms with Crippen LogP contribution in [0.4, 0.5) is 0 Å². The molecule has 0 saturated carbocycles. The van der Waals surface area contributed by atoms with E-state index in [9.17, 15) is 0 Å². The van der Waals surface area contributed by atoms with Crippen LogP contribution in [0.25, 0.3) is 10.7 Å². The highest BCUT2D eigenvalue weighted by Gasteiger charge is 2.09. The highest BCUT2D eigenvalue weighted by atomic mass is 32.1. The molecule has 0 atom stereocenters. The fourth-order valence-electron chi connectivity index (χ4n) is 1.07. The third kappa shape index (κ3) is 1.47. The molecule has 0 aliphatic carbocycles. The molecule has 2 rings (SSSR count). The second-order valence-corrected chi connectivity index (χ2v) is 3.58. The Morgan fingerprint density at radius 3 is 2.92 bits per heavy atom. The van der Waals surface area contributed by atoms with Gasteiger partial charge >= 0.3 is 0 Å². The Balaban J connectivity index is 2.41. The van der Waals surface area contributed by atoms with Crippen molar-refractivity contribution in [1.29, 1.82) is 0 Å². The van der Waals surface area contributed by atoms with Crippen LogP contribution in [0.5, 0.6) is 0 Å². The molecule has 0 aliphatic rings. The van der Waals surface area contributed by atoms with E-state index in [1.165, 1.54) is 0 Å². The molecule has 0 bridgehead atoms. The van der Waals surface area contributed by atoms with Gasteiger partial charge in [-0.15, -0.1) is 11.3 Å². The zero-order valence-electron chi connectivity index (χ0n) is 7.53. The predicted octanol–water partition coefficient (Wildman–Crippen LogP) is 1.80. The summed E-state index contributed by atoms with van der Waals surface area (Å²) in [4.78, 5) is 9.54. The number of thiazole rings is 1. The van der Waals surface area contributed by atoms with Crippen LogP contribution in [-0.2, 0) is 6.42 Å². The van der Waals surface area contributed by atoms with Crippen molar-refractivity contribution in [2.75, 3.05) is 0 Å². The van der Waals surface area contributed by atoms with Crippen molar-refractivity contribution in [3.05, 3.63) is 17.0 Å². The van der Waals surface area contributed by atoms with Gasteiger partial charge in [0.1, 0.15) is 5.82 Å². The van der Waals surface area contributed by atoms with Crippen LogP contribution in [0.15, 0.2) is 5.51 Å². The molecule has 0 aliphatic heterocycles. The van der Waals surface area contributed by atoms with Gasteiger partial charge in [0.15, 0.2) is 5.82 Å². The molecule has 2 aromatic rings. The number of rotatable bonds is 2. The highest BCUT2D eigenvalue weighted by Crippen LogP contribution is 2.23. The molecule has 68 valence electrons. The largest absolute Gasteiger partial charge is 0.263 e. The number of hydrogen-bond donors (Lipinski definition) is 1. The Bertz CT molecular complexity index is 404. The second-order valence-electron chi connectivity index (χ2n) is 2.73. The summed E-state index contributed by atoms with van der Waals surface area (Å²) in [5.41, 5.74) is 2.80. The van der Waals surface area contributed by atoms with E-state index in [4.69, 9.17) is 0 Å². The maximum Gasteiger partial charge on any atom is 0.193 e. The molecule has 5 heteroatoms. The third-order valence-electron chi connectivity index (χ3n) is 1.82. The summed E-state index contributed by atoms with van der Waals surface area (Å²) in [6.45, 7) is 4.01. The van der Waals surface area contributed by atoms with E-state index in [0.29, 0.717) is 0 Å². The number of aromatic nitrogens is 4. The maximum atomic E-state index is 4.34. The highest BCUT2D eigenvalue weighted by molar-refractivity contribution is 7.13. The molecule has 0 aromatic carbocycles. The van der Waals surface area contributed by atoms with Gasteiger partial charge in [-0.05, 0) is 6.92 Å². The van der Waals surface area contributed by atoms with Crippen molar-refractivity contribution in [2.24, 2.45) is 0 Å². The van der Waals surface area contributed by atoms with E-state index in [2.05, 4.69) is 20.2 Å². The Kier molecular flexibility index (Phi) is 2.10. The molecule has 13 heavy (non-hydrogen) atoms. The van der Waals surface area contributed by atoms with Crippen LogP contribution >= 0.6 is 11.3 Å². The fourth-order valence-corrected chi connectivity index (χ4v) is 1.81. The molecule has 0 unspecified atom stereocenters. The van der Waals surface area contributed by atoms with Gasteiger partial charge in [0.2, 0.25) is 0 Å². The van der Waals surface area contributed by atoms with Crippen molar-refractivity contribution in [3.63, 3.8) is 0 Å². The zero-order valence-corrected chi connectivity index (χ0v) is 8.35. The van der Waals surface area contributed by atoms with Crippen LogP contribution in [0.2, 0.25) is 0 Å². The summed E-state index contributed by atoms with van der Waals surface area (Å²) >= 11 is 1.57. The minimum absolute atomic E-state index is 0.761. The minimum Gasteiger partial charge on any atom is -0.263 e. The lowest BCUT2D eigenvalue weighted by Gasteiger charge is -1.87. The predicted molar refractivity (Wildman–Crippen MR) is 51.6 cm³/mol. The summed E-state index contributed by atoms with van der Waals surface area (Å²) in [5.74, 6) is 1.68. The summed E-state index contributed by atoms with van der Waals surface area (Å²) in [6.07, 6.45) is 0.880. The van der Waals surface area contributed by atoms with Crippen LogP contribution < -0.4 is 0 Å². The van der Waals surface area contributed by atoms with E-state index in [1.807, 2.05) is 19.4 Å². The molecular formula is C8H10N4S. The van der Waals surface area contributed by atoms with E-state index in [0.717, 1.165) is 28.6 Å². The third-order valence-corrected chi connectivity index (χ3v) is 2.74. The van der Waals surface area contributed by atoms with Crippen molar-refractivity contribution >= 4 is 11.3 Å². The second kappa shape index (κ2) is 3.26. The molecular weight excluding hydrogens is 184 g/mol. The van der Waals surface area contributed by atoms with Crippen molar-refractivity contribution < 1.29 is 0 Å². The lowest BCUT2D eigenvalue weighted by Crippen LogP contribution is -1.82. The van der Waals surface area contributed by atoms with Crippen LogP contribution in [0.1, 0.15) is 18.4 Å². The molecule has 0 amide bonds. The number of hydrogen-bond acceptors (Lipinski definition) is 4. The normalized spacial score (nSPS) is 10.6. The lowest BCUT2D eigenvalue weighted by atomic mass is 10.4. The van der Waals surface area contributed by atoms with Gasteiger partial charge in [0.25, 0.3) is 0 Å². The molecule has 0 fully saturated rings. The SMILES string of the molecule is CCc1nc(-c2scnc2C)n[nH]1. The van der Waals surface area contributed by atoms with Gasteiger partial charge in [0.05, 0.1) is 16.1 Å². The molecule has 4 nitrogen and oxygen atoms in total. The average molecular weight is 194 g/mol. The van der Waals surface area contributed by atoms with Crippen molar-refractivity contribution in [3.8, 4) is 10.7 Å². The summed E-state index contributed by atoms with van der Waals surface area (Å²) in [6, 6.07) is 0. The van der Waals surface area contributed by atoms with Crippen LogP contribution in [0.3, 0.4) is 0 Å². The number of H-pyrrole nitrogens is 1. The van der Waals surface area contributed by atoms with E-state index in [-0.39, 0.29) is 0 Å². The standard InChI is InChI=1S/C8H10N4S/c1-3-6-10-8(12-11-6)7-5(2)9-4-13-7/h4H,3H2,1-2H3,(H,10,11,12). The van der Waals surface area contributed by atoms with Gasteiger partial charge < -0.3 is 0 Å². The summed E-state index contributed by atoms with van der Waals surface area (Å²) < 4.78 is 0. The van der Waals surface area contributed by atoms with Crippen molar-refractivity contribution in [2.45, 2.75) is 20.3 Å². The molecule has 0 saturated heterocycles. The molecule has 0 radical (unpaired) electrons. The van der Waals surface area contributed by atoms with Crippen molar-refractivity contribution in [1.82, 2.24) is 20.2 Å². The minimum atomic E-state index is 0.761. The Morgan fingerprint density at radius 1 is 1.54 bits per heavy atom. The average Bonchev–Trinajstić information content (AvgIpc) is 2.71. The molecule has 0 spiro atoms. The smallest absolute Gasteiger partial charge is 0.193 e. The van der Waals surface area contributed by atoms with Gasteiger partial charge in [-0.25, -0.2) is 9.97 Å². The molecule has 2 heterocycles. The molecule has 2 aromatic heterocycles. The monoisotopic (exact) mass is 194 g/mol. The Morgan fingerprint density at radius 2 is 2.38 bits per heavy atom. The first-order valence-electron chi connectivity index (χ1n) is 4.13. The number of nitrogens with zero attached hydrogens (tertiary/aromatic N) is 3. The fraction of sp³-hybridized carbons (Fsp3) is 0.375. The first-order chi connectivity index (χ1) is 6.31. The number of aryl methyl sites for hydroxylation is 2.